The van der Waals surface area contributed by atoms with Gasteiger partial charge in [0.05, 0.1) is 10.9 Å². The summed E-state index contributed by atoms with van der Waals surface area (Å²) in [5.41, 5.74) is 0.511. The highest BCUT2D eigenvalue weighted by molar-refractivity contribution is 5.85. The first-order valence-electron chi connectivity index (χ1n) is 12.1. The van der Waals surface area contributed by atoms with E-state index in [4.69, 9.17) is 14.3 Å². The minimum Gasteiger partial charge on any atom is -0.489 e. The van der Waals surface area contributed by atoms with Crippen molar-refractivity contribution >= 4 is 16.9 Å². The van der Waals surface area contributed by atoms with Crippen molar-refractivity contribution in [2.45, 2.75) is 53.4 Å². The number of carbonyl (C=O) groups is 1. The lowest BCUT2D eigenvalue weighted by molar-refractivity contribution is -1.07. The van der Waals surface area contributed by atoms with Gasteiger partial charge in [-0.25, -0.2) is 4.98 Å². The molecule has 4 rings (SSSR count). The highest BCUT2D eigenvalue weighted by Crippen LogP contribution is 2.31. The summed E-state index contributed by atoms with van der Waals surface area (Å²) in [6.07, 6.45) is 4.68. The zero-order valence-corrected chi connectivity index (χ0v) is 21.0. The Bertz CT molecular complexity index is 1240. The van der Waals surface area contributed by atoms with Gasteiger partial charge in [0.1, 0.15) is 44.2 Å². The monoisotopic (exact) mass is 480 g/mol. The molecule has 8 nitrogen and oxygen atoms in total. The zero-order chi connectivity index (χ0) is 25.1. The number of piperidine rings is 1. The topological polar surface area (TPSA) is 79.7 Å². The van der Waals surface area contributed by atoms with E-state index >= 15 is 0 Å². The van der Waals surface area contributed by atoms with Crippen molar-refractivity contribution in [3.8, 4) is 11.5 Å². The zero-order valence-electron chi connectivity index (χ0n) is 21.0. The number of fused-ring (bicyclic) bond motifs is 1. The van der Waals surface area contributed by atoms with E-state index < -0.39 is 11.4 Å². The summed E-state index contributed by atoms with van der Waals surface area (Å²) < 4.78 is 13.1. The lowest BCUT2D eigenvalue weighted by Crippen LogP contribution is -2.50. The molecule has 0 spiro atoms. The van der Waals surface area contributed by atoms with Gasteiger partial charge < -0.3 is 14.3 Å². The summed E-state index contributed by atoms with van der Waals surface area (Å²) >= 11 is 0. The fourth-order valence-corrected chi connectivity index (χ4v) is 4.06. The smallest absolute Gasteiger partial charge is 0.312 e. The van der Waals surface area contributed by atoms with Crippen LogP contribution in [0.25, 0.3) is 10.9 Å². The van der Waals surface area contributed by atoms with E-state index in [9.17, 15) is 9.59 Å². The minimum absolute atomic E-state index is 0.213. The number of hydroxylamine groups is 3. The third kappa shape index (κ3) is 6.00. The van der Waals surface area contributed by atoms with Crippen LogP contribution in [0.5, 0.6) is 11.5 Å². The predicted molar refractivity (Wildman–Crippen MR) is 133 cm³/mol. The summed E-state index contributed by atoms with van der Waals surface area (Å²) in [6, 6.07) is 13.4. The molecule has 3 aromatic rings. The summed E-state index contributed by atoms with van der Waals surface area (Å²) in [7, 11) is 2.03. The van der Waals surface area contributed by atoms with Gasteiger partial charge in [0, 0.05) is 25.0 Å². The predicted octanol–water partition coefficient (Wildman–Crippen LogP) is 4.45. The molecule has 0 aliphatic carbocycles. The Morgan fingerprint density at radius 3 is 2.49 bits per heavy atom. The van der Waals surface area contributed by atoms with Crippen LogP contribution in [0.2, 0.25) is 0 Å². The number of ether oxygens (including phenoxy) is 2. The van der Waals surface area contributed by atoms with Crippen LogP contribution in [-0.4, -0.2) is 40.3 Å². The van der Waals surface area contributed by atoms with Crippen LogP contribution < -0.4 is 15.1 Å². The van der Waals surface area contributed by atoms with Crippen LogP contribution in [0.4, 0.5) is 0 Å². The summed E-state index contributed by atoms with van der Waals surface area (Å²) in [6.45, 7) is 7.18. The first-order valence-corrected chi connectivity index (χ1v) is 12.1. The Balaban J connectivity index is 1.69. The van der Waals surface area contributed by atoms with E-state index in [2.05, 4.69) is 4.98 Å². The molecule has 186 valence electrons. The Kier molecular flexibility index (Phi) is 7.12. The van der Waals surface area contributed by atoms with Gasteiger partial charge >= 0.3 is 5.97 Å². The van der Waals surface area contributed by atoms with Crippen molar-refractivity contribution in [1.29, 1.82) is 0 Å². The summed E-state index contributed by atoms with van der Waals surface area (Å²) in [4.78, 5) is 36.6. The van der Waals surface area contributed by atoms with Crippen LogP contribution in [0.3, 0.4) is 0 Å². The molecule has 35 heavy (non-hydrogen) atoms. The molecular formula is C27H34N3O5+. The molecule has 1 saturated heterocycles. The van der Waals surface area contributed by atoms with E-state index in [1.165, 1.54) is 17.3 Å². The van der Waals surface area contributed by atoms with Gasteiger partial charge in [0.25, 0.3) is 5.56 Å². The maximum atomic E-state index is 13.5. The van der Waals surface area contributed by atoms with Gasteiger partial charge in [-0.05, 0) is 32.8 Å². The van der Waals surface area contributed by atoms with Crippen LogP contribution in [-0.2, 0) is 22.9 Å². The molecule has 1 aliphatic heterocycles. The third-order valence-corrected chi connectivity index (χ3v) is 6.14. The maximum absolute atomic E-state index is 13.5. The average Bonchev–Trinajstić information content (AvgIpc) is 2.82. The van der Waals surface area contributed by atoms with Crippen molar-refractivity contribution in [3.05, 3.63) is 64.7 Å². The van der Waals surface area contributed by atoms with Gasteiger partial charge in [0.2, 0.25) is 5.75 Å². The first-order chi connectivity index (χ1) is 16.6. The van der Waals surface area contributed by atoms with E-state index in [1.54, 1.807) is 32.9 Å². The Hall–Kier alpha value is -3.39. The minimum atomic E-state index is -0.666. The molecule has 0 saturated carbocycles. The molecule has 1 aliphatic rings. The molecule has 0 bridgehead atoms. The quantitative estimate of drug-likeness (QED) is 0.367. The van der Waals surface area contributed by atoms with Gasteiger partial charge in [-0.2, -0.15) is 0 Å². The molecule has 1 aromatic heterocycles. The SMILES string of the molecule is CC(C)(C)C(=O)OCn1cnc2cc(OCc3ccccc3)cc(O[N+]3(C)CCCCC3)c2c1=O. The van der Waals surface area contributed by atoms with Gasteiger partial charge in [-0.3, -0.25) is 14.2 Å². The van der Waals surface area contributed by atoms with Crippen LogP contribution in [0.1, 0.15) is 45.6 Å². The molecule has 0 atom stereocenters. The second-order valence-corrected chi connectivity index (χ2v) is 10.3. The molecule has 1 fully saturated rings. The fourth-order valence-electron chi connectivity index (χ4n) is 4.06. The molecule has 2 heterocycles. The number of carbonyl (C=O) groups excluding carboxylic acids is 1. The Morgan fingerprint density at radius 2 is 1.80 bits per heavy atom. The Labute approximate surface area is 205 Å². The number of aromatic nitrogens is 2. The van der Waals surface area contributed by atoms with Gasteiger partial charge in [-0.1, -0.05) is 30.3 Å². The number of esters is 1. The molecule has 0 unspecified atom stereocenters. The number of quaternary nitrogens is 1. The number of rotatable bonds is 7. The molecule has 0 N–H and O–H groups in total. The number of likely N-dealkylation sites (tertiary alicyclic amines) is 1. The first kappa shape index (κ1) is 24.7. The fraction of sp³-hybridized carbons (Fsp3) is 0.444. The molecule has 2 aromatic carbocycles. The van der Waals surface area contributed by atoms with Crippen molar-refractivity contribution in [1.82, 2.24) is 9.55 Å². The van der Waals surface area contributed by atoms with Crippen LogP contribution in [0.15, 0.2) is 53.6 Å². The van der Waals surface area contributed by atoms with E-state index in [-0.39, 0.29) is 12.3 Å². The molecule has 0 radical (unpaired) electrons. The molecule has 0 amide bonds. The largest absolute Gasteiger partial charge is 0.489 e. The lowest BCUT2D eigenvalue weighted by atomic mass is 9.98. The molecule has 8 heteroatoms. The number of benzene rings is 2. The van der Waals surface area contributed by atoms with Gasteiger partial charge in [-0.15, -0.1) is 4.65 Å². The van der Waals surface area contributed by atoms with E-state index in [0.29, 0.717) is 33.7 Å². The van der Waals surface area contributed by atoms with Crippen molar-refractivity contribution in [2.75, 3.05) is 20.1 Å². The standard InChI is InChI=1S/C27H34N3O5/c1-27(2,3)26(32)34-19-29-18-28-22-15-21(33-17-20-11-7-5-8-12-20)16-23(24(22)25(29)31)35-30(4)13-9-6-10-14-30/h5,7-8,11-12,15-16,18H,6,9-10,13-14,17,19H2,1-4H3/q+1. The number of nitrogens with zero attached hydrogens (tertiary/aromatic N) is 3. The van der Waals surface area contributed by atoms with E-state index in [0.717, 1.165) is 31.5 Å². The highest BCUT2D eigenvalue weighted by Gasteiger charge is 2.30. The summed E-state index contributed by atoms with van der Waals surface area (Å²) in [5, 5.41) is 0.344. The molecular weight excluding hydrogens is 446 g/mol. The maximum Gasteiger partial charge on any atom is 0.312 e. The van der Waals surface area contributed by atoms with Crippen LogP contribution in [0, 0.1) is 5.41 Å². The number of hydrogen-bond donors (Lipinski definition) is 0. The normalized spacial score (nSPS) is 15.5. The average molecular weight is 481 g/mol. The van der Waals surface area contributed by atoms with Gasteiger partial charge in [0.15, 0.2) is 6.73 Å². The third-order valence-electron chi connectivity index (χ3n) is 6.14. The Morgan fingerprint density at radius 1 is 1.09 bits per heavy atom. The van der Waals surface area contributed by atoms with Crippen molar-refractivity contribution in [3.63, 3.8) is 0 Å². The van der Waals surface area contributed by atoms with Crippen molar-refractivity contribution < 1.29 is 23.8 Å². The summed E-state index contributed by atoms with van der Waals surface area (Å²) in [5.74, 6) is 0.602. The second kappa shape index (κ2) is 10.1. The number of hydrogen-bond acceptors (Lipinski definition) is 6. The lowest BCUT2D eigenvalue weighted by Gasteiger charge is -2.35. The highest BCUT2D eigenvalue weighted by atomic mass is 16.7. The van der Waals surface area contributed by atoms with E-state index in [1.807, 2.05) is 37.4 Å². The van der Waals surface area contributed by atoms with Crippen LogP contribution >= 0.6 is 0 Å². The second-order valence-electron chi connectivity index (χ2n) is 10.3. The van der Waals surface area contributed by atoms with Crippen molar-refractivity contribution in [2.24, 2.45) is 5.41 Å².